The Labute approximate surface area is 117 Å². The first-order valence-corrected chi connectivity index (χ1v) is 6.61. The van der Waals surface area contributed by atoms with Crippen molar-refractivity contribution in [3.8, 4) is 0 Å². The van der Waals surface area contributed by atoms with Crippen molar-refractivity contribution in [3.05, 3.63) is 48.0 Å². The molecule has 0 bridgehead atoms. The second kappa shape index (κ2) is 6.70. The lowest BCUT2D eigenvalue weighted by Gasteiger charge is -2.07. The minimum absolute atomic E-state index is 0.0554. The minimum Gasteiger partial charge on any atom is -0.461 e. The quantitative estimate of drug-likeness (QED) is 0.393. The van der Waals surface area contributed by atoms with E-state index in [1.54, 1.807) is 6.92 Å². The number of esters is 1. The lowest BCUT2D eigenvalue weighted by atomic mass is 10.00. The summed E-state index contributed by atoms with van der Waals surface area (Å²) < 4.78 is 4.84. The lowest BCUT2D eigenvalue weighted by Crippen LogP contribution is -2.18. The fourth-order valence-corrected chi connectivity index (χ4v) is 2.17. The third kappa shape index (κ3) is 3.15. The molecule has 0 saturated carbocycles. The molecule has 0 atom stereocenters. The SMILES string of the molecule is CCOC(=O)C(CCc1cccc2ccccc12)=NO. The van der Waals surface area contributed by atoms with Crippen molar-refractivity contribution in [1.82, 2.24) is 0 Å². The standard InChI is InChI=1S/C16H17NO3/c1-2-20-16(18)15(17-19)11-10-13-8-5-7-12-6-3-4-9-14(12)13/h3-9,19H,2,10-11H2,1H3. The third-order valence-corrected chi connectivity index (χ3v) is 3.14. The van der Waals surface area contributed by atoms with Crippen molar-refractivity contribution in [1.29, 1.82) is 0 Å². The molecule has 0 spiro atoms. The molecule has 0 aliphatic carbocycles. The summed E-state index contributed by atoms with van der Waals surface area (Å²) >= 11 is 0. The second-order valence-electron chi connectivity index (χ2n) is 4.41. The van der Waals surface area contributed by atoms with E-state index in [9.17, 15) is 4.79 Å². The highest BCUT2D eigenvalue weighted by Crippen LogP contribution is 2.19. The van der Waals surface area contributed by atoms with E-state index in [1.165, 1.54) is 0 Å². The van der Waals surface area contributed by atoms with Crippen LogP contribution in [0.1, 0.15) is 18.9 Å². The van der Waals surface area contributed by atoms with E-state index in [4.69, 9.17) is 9.94 Å². The summed E-state index contributed by atoms with van der Waals surface area (Å²) in [4.78, 5) is 11.5. The number of hydrogen-bond acceptors (Lipinski definition) is 4. The minimum atomic E-state index is -0.560. The van der Waals surface area contributed by atoms with Gasteiger partial charge in [0.2, 0.25) is 0 Å². The summed E-state index contributed by atoms with van der Waals surface area (Å²) in [7, 11) is 0. The number of rotatable bonds is 5. The van der Waals surface area contributed by atoms with Crippen LogP contribution in [0.4, 0.5) is 0 Å². The van der Waals surface area contributed by atoms with Gasteiger partial charge in [-0.25, -0.2) is 4.79 Å². The van der Waals surface area contributed by atoms with Crippen LogP contribution in [0.2, 0.25) is 0 Å². The Morgan fingerprint density at radius 1 is 1.20 bits per heavy atom. The molecule has 0 unspecified atom stereocenters. The normalized spacial score (nSPS) is 11.6. The molecule has 0 aromatic heterocycles. The van der Waals surface area contributed by atoms with Gasteiger partial charge in [0.25, 0.3) is 0 Å². The zero-order valence-electron chi connectivity index (χ0n) is 11.4. The maximum Gasteiger partial charge on any atom is 0.356 e. The third-order valence-electron chi connectivity index (χ3n) is 3.14. The van der Waals surface area contributed by atoms with Gasteiger partial charge >= 0.3 is 5.97 Å². The van der Waals surface area contributed by atoms with Crippen molar-refractivity contribution in [2.75, 3.05) is 6.61 Å². The first-order chi connectivity index (χ1) is 9.76. The highest BCUT2D eigenvalue weighted by Gasteiger charge is 2.13. The Hall–Kier alpha value is -2.36. The zero-order valence-corrected chi connectivity index (χ0v) is 11.4. The molecule has 0 saturated heterocycles. The summed E-state index contributed by atoms with van der Waals surface area (Å²) in [5, 5.41) is 14.3. The number of fused-ring (bicyclic) bond motifs is 1. The maximum atomic E-state index is 11.5. The van der Waals surface area contributed by atoms with Crippen LogP contribution in [0, 0.1) is 0 Å². The molecule has 0 fully saturated rings. The Morgan fingerprint density at radius 2 is 1.95 bits per heavy atom. The number of hydrogen-bond donors (Lipinski definition) is 1. The fraction of sp³-hybridized carbons (Fsp3) is 0.250. The molecule has 2 rings (SSSR count). The highest BCUT2D eigenvalue weighted by molar-refractivity contribution is 6.36. The largest absolute Gasteiger partial charge is 0.461 e. The molecule has 0 amide bonds. The number of carbonyl (C=O) groups is 1. The van der Waals surface area contributed by atoms with Crippen LogP contribution in [0.25, 0.3) is 10.8 Å². The molecule has 4 heteroatoms. The van der Waals surface area contributed by atoms with Gasteiger partial charge in [-0.2, -0.15) is 0 Å². The maximum absolute atomic E-state index is 11.5. The molecule has 4 nitrogen and oxygen atoms in total. The zero-order chi connectivity index (χ0) is 14.4. The average Bonchev–Trinajstić information content (AvgIpc) is 2.48. The molecule has 2 aromatic carbocycles. The summed E-state index contributed by atoms with van der Waals surface area (Å²) in [6.07, 6.45) is 0.975. The van der Waals surface area contributed by atoms with Gasteiger partial charge in [-0.15, -0.1) is 0 Å². The molecule has 0 radical (unpaired) electrons. The van der Waals surface area contributed by atoms with E-state index in [0.717, 1.165) is 16.3 Å². The molecule has 1 N–H and O–H groups in total. The van der Waals surface area contributed by atoms with Gasteiger partial charge in [-0.05, 0) is 29.7 Å². The molecule has 2 aromatic rings. The predicted octanol–water partition coefficient (Wildman–Crippen LogP) is 3.17. The number of benzene rings is 2. The van der Waals surface area contributed by atoms with Crippen LogP contribution in [0.15, 0.2) is 47.6 Å². The summed E-state index contributed by atoms with van der Waals surface area (Å²) in [5.74, 6) is -0.560. The first-order valence-electron chi connectivity index (χ1n) is 6.61. The van der Waals surface area contributed by atoms with Gasteiger partial charge in [0.15, 0.2) is 5.71 Å². The van der Waals surface area contributed by atoms with E-state index < -0.39 is 5.97 Å². The number of aryl methyl sites for hydroxylation is 1. The van der Waals surface area contributed by atoms with Crippen molar-refractivity contribution in [2.45, 2.75) is 19.8 Å². The van der Waals surface area contributed by atoms with Gasteiger partial charge in [0.05, 0.1) is 6.61 Å². The Bertz CT molecular complexity index is 629. The molecule has 0 aliphatic heterocycles. The summed E-state index contributed by atoms with van der Waals surface area (Å²) in [5.41, 5.74) is 1.17. The topological polar surface area (TPSA) is 58.9 Å². The number of ether oxygens (including phenoxy) is 1. The average molecular weight is 271 g/mol. The molecular weight excluding hydrogens is 254 g/mol. The Kier molecular flexibility index (Phi) is 4.71. The number of nitrogens with zero attached hydrogens (tertiary/aromatic N) is 1. The lowest BCUT2D eigenvalue weighted by molar-refractivity contribution is -0.135. The van der Waals surface area contributed by atoms with Gasteiger partial charge in [-0.1, -0.05) is 47.6 Å². The first kappa shape index (κ1) is 14.1. The molecular formula is C16H17NO3. The second-order valence-corrected chi connectivity index (χ2v) is 4.41. The van der Waals surface area contributed by atoms with E-state index in [-0.39, 0.29) is 12.3 Å². The number of carbonyl (C=O) groups excluding carboxylic acids is 1. The monoisotopic (exact) mass is 271 g/mol. The van der Waals surface area contributed by atoms with E-state index in [1.807, 2.05) is 42.5 Å². The van der Waals surface area contributed by atoms with Crippen molar-refractivity contribution in [2.24, 2.45) is 5.16 Å². The van der Waals surface area contributed by atoms with Crippen molar-refractivity contribution >= 4 is 22.5 Å². The predicted molar refractivity (Wildman–Crippen MR) is 78.1 cm³/mol. The van der Waals surface area contributed by atoms with E-state index in [0.29, 0.717) is 12.8 Å². The van der Waals surface area contributed by atoms with E-state index >= 15 is 0 Å². The van der Waals surface area contributed by atoms with Crippen LogP contribution >= 0.6 is 0 Å². The highest BCUT2D eigenvalue weighted by atomic mass is 16.5. The van der Waals surface area contributed by atoms with Crippen LogP contribution < -0.4 is 0 Å². The number of oxime groups is 1. The molecule has 0 heterocycles. The van der Waals surface area contributed by atoms with Gasteiger partial charge in [0.1, 0.15) is 0 Å². The van der Waals surface area contributed by atoms with Crippen molar-refractivity contribution in [3.63, 3.8) is 0 Å². The van der Waals surface area contributed by atoms with Gasteiger partial charge < -0.3 is 9.94 Å². The van der Waals surface area contributed by atoms with Crippen LogP contribution in [0.5, 0.6) is 0 Å². The Balaban J connectivity index is 2.15. The van der Waals surface area contributed by atoms with Crippen LogP contribution in [0.3, 0.4) is 0 Å². The van der Waals surface area contributed by atoms with Crippen LogP contribution in [-0.4, -0.2) is 23.5 Å². The van der Waals surface area contributed by atoms with Gasteiger partial charge in [-0.3, -0.25) is 0 Å². The van der Waals surface area contributed by atoms with Gasteiger partial charge in [0, 0.05) is 6.42 Å². The molecule has 20 heavy (non-hydrogen) atoms. The summed E-state index contributed by atoms with van der Waals surface area (Å²) in [6, 6.07) is 14.1. The Morgan fingerprint density at radius 3 is 2.70 bits per heavy atom. The van der Waals surface area contributed by atoms with Crippen LogP contribution in [-0.2, 0) is 16.0 Å². The van der Waals surface area contributed by atoms with E-state index in [2.05, 4.69) is 5.16 Å². The summed E-state index contributed by atoms with van der Waals surface area (Å²) in [6.45, 7) is 1.99. The van der Waals surface area contributed by atoms with Crippen molar-refractivity contribution < 1.29 is 14.7 Å². The smallest absolute Gasteiger partial charge is 0.356 e. The fourth-order valence-electron chi connectivity index (χ4n) is 2.17. The molecule has 0 aliphatic rings. The molecule has 104 valence electrons.